The molecule has 202 valence electrons. The SMILES string of the molecule is COc1ccc([C@H](CC(=O)N2CCCCC2)c2c(O)cc(O)c3c(=O)cc(-c4ccccc4)oc23)c(OC)c1. The summed E-state index contributed by atoms with van der Waals surface area (Å²) in [5.41, 5.74) is 1.06. The molecule has 8 nitrogen and oxygen atoms in total. The lowest BCUT2D eigenvalue weighted by molar-refractivity contribution is -0.132. The standard InChI is InChI=1S/C31H31NO7/c1-37-20-11-12-21(27(15-20)38-2)22(16-28(36)32-13-7-4-8-14-32)29-23(33)17-24(34)30-25(35)18-26(39-31(29)30)19-9-5-3-6-10-19/h3,5-6,9-12,15,17-18,22,33-34H,4,7-8,13-14,16H2,1-2H3/t22-/m0/s1. The molecule has 1 amide bonds. The molecule has 5 rings (SSSR count). The van der Waals surface area contributed by atoms with E-state index in [9.17, 15) is 19.8 Å². The smallest absolute Gasteiger partial charge is 0.223 e. The van der Waals surface area contributed by atoms with Crippen molar-refractivity contribution in [1.29, 1.82) is 0 Å². The number of aromatic hydroxyl groups is 2. The summed E-state index contributed by atoms with van der Waals surface area (Å²) in [5, 5.41) is 21.9. The van der Waals surface area contributed by atoms with Crippen molar-refractivity contribution in [3.05, 3.63) is 82.0 Å². The lowest BCUT2D eigenvalue weighted by atomic mass is 9.85. The molecule has 1 aliphatic heterocycles. The third kappa shape index (κ3) is 5.14. The number of methoxy groups -OCH3 is 2. The Balaban J connectivity index is 1.76. The van der Waals surface area contributed by atoms with Gasteiger partial charge in [-0.2, -0.15) is 0 Å². The highest BCUT2D eigenvalue weighted by atomic mass is 16.5. The van der Waals surface area contributed by atoms with Gasteiger partial charge in [-0.15, -0.1) is 0 Å². The number of carbonyl (C=O) groups excluding carboxylic acids is 1. The molecule has 8 heteroatoms. The second-order valence-electron chi connectivity index (χ2n) is 9.68. The van der Waals surface area contributed by atoms with Gasteiger partial charge in [0, 0.05) is 60.3 Å². The maximum absolute atomic E-state index is 13.6. The van der Waals surface area contributed by atoms with Crippen LogP contribution in [0.25, 0.3) is 22.3 Å². The monoisotopic (exact) mass is 529 g/mol. The van der Waals surface area contributed by atoms with Crippen LogP contribution in [-0.2, 0) is 4.79 Å². The summed E-state index contributed by atoms with van der Waals surface area (Å²) in [7, 11) is 3.06. The fraction of sp³-hybridized carbons (Fsp3) is 0.290. The Bertz CT molecular complexity index is 1560. The second kappa shape index (κ2) is 11.1. The maximum Gasteiger partial charge on any atom is 0.223 e. The zero-order valence-electron chi connectivity index (χ0n) is 22.0. The fourth-order valence-corrected chi connectivity index (χ4v) is 5.32. The minimum Gasteiger partial charge on any atom is -0.507 e. The van der Waals surface area contributed by atoms with E-state index in [1.807, 2.05) is 23.1 Å². The molecule has 3 aromatic carbocycles. The second-order valence-corrected chi connectivity index (χ2v) is 9.68. The topological polar surface area (TPSA) is 109 Å². The van der Waals surface area contributed by atoms with E-state index in [0.29, 0.717) is 35.7 Å². The molecular weight excluding hydrogens is 498 g/mol. The van der Waals surface area contributed by atoms with Gasteiger partial charge in [-0.05, 0) is 25.3 Å². The molecule has 1 aliphatic rings. The number of carbonyl (C=O) groups is 1. The number of ether oxygens (including phenoxy) is 2. The van der Waals surface area contributed by atoms with Crippen molar-refractivity contribution >= 4 is 16.9 Å². The number of fused-ring (bicyclic) bond motifs is 1. The molecule has 2 N–H and O–H groups in total. The summed E-state index contributed by atoms with van der Waals surface area (Å²) in [6.07, 6.45) is 2.95. The van der Waals surface area contributed by atoms with Gasteiger partial charge in [0.15, 0.2) is 5.43 Å². The number of hydrogen-bond acceptors (Lipinski definition) is 7. The van der Waals surface area contributed by atoms with Crippen molar-refractivity contribution in [2.45, 2.75) is 31.6 Å². The van der Waals surface area contributed by atoms with Crippen LogP contribution in [0.1, 0.15) is 42.7 Å². The first-order chi connectivity index (χ1) is 18.9. The molecule has 0 radical (unpaired) electrons. The van der Waals surface area contributed by atoms with Crippen molar-refractivity contribution in [3.8, 4) is 34.3 Å². The van der Waals surface area contributed by atoms with Gasteiger partial charge in [-0.3, -0.25) is 9.59 Å². The van der Waals surface area contributed by atoms with Crippen LogP contribution in [0.15, 0.2) is 69.9 Å². The highest BCUT2D eigenvalue weighted by Crippen LogP contribution is 2.45. The lowest BCUT2D eigenvalue weighted by Gasteiger charge is -2.29. The predicted molar refractivity (Wildman–Crippen MR) is 148 cm³/mol. The molecular formula is C31H31NO7. The van der Waals surface area contributed by atoms with E-state index < -0.39 is 17.1 Å². The first-order valence-electron chi connectivity index (χ1n) is 13.0. The number of nitrogens with zero attached hydrogens (tertiary/aromatic N) is 1. The number of rotatable bonds is 7. The van der Waals surface area contributed by atoms with Crippen LogP contribution in [0, 0.1) is 0 Å². The molecule has 0 spiro atoms. The quantitative estimate of drug-likeness (QED) is 0.329. The van der Waals surface area contributed by atoms with Gasteiger partial charge in [0.05, 0.1) is 14.2 Å². The Labute approximate surface area is 226 Å². The van der Waals surface area contributed by atoms with Crippen molar-refractivity contribution in [3.63, 3.8) is 0 Å². The van der Waals surface area contributed by atoms with Crippen LogP contribution < -0.4 is 14.9 Å². The van der Waals surface area contributed by atoms with Crippen LogP contribution in [0.3, 0.4) is 0 Å². The number of phenolic OH excluding ortho intramolecular Hbond substituents is 2. The van der Waals surface area contributed by atoms with Gasteiger partial charge < -0.3 is 29.0 Å². The average Bonchev–Trinajstić information content (AvgIpc) is 2.96. The number of likely N-dealkylation sites (tertiary alicyclic amines) is 1. The van der Waals surface area contributed by atoms with Crippen LogP contribution in [0.2, 0.25) is 0 Å². The number of benzene rings is 3. The minimum absolute atomic E-state index is 0.00456. The van der Waals surface area contributed by atoms with Crippen molar-refractivity contribution in [2.24, 2.45) is 0 Å². The van der Waals surface area contributed by atoms with Crippen molar-refractivity contribution in [2.75, 3.05) is 27.3 Å². The largest absolute Gasteiger partial charge is 0.507 e. The molecule has 1 aromatic heterocycles. The molecule has 1 fully saturated rings. The van der Waals surface area contributed by atoms with Crippen molar-refractivity contribution in [1.82, 2.24) is 4.90 Å². The van der Waals surface area contributed by atoms with E-state index in [4.69, 9.17) is 13.9 Å². The molecule has 2 heterocycles. The lowest BCUT2D eigenvalue weighted by Crippen LogP contribution is -2.36. The zero-order valence-corrected chi connectivity index (χ0v) is 22.0. The average molecular weight is 530 g/mol. The van der Waals surface area contributed by atoms with Crippen LogP contribution in [-0.4, -0.2) is 48.3 Å². The molecule has 0 unspecified atom stereocenters. The summed E-state index contributed by atoms with van der Waals surface area (Å²) in [4.78, 5) is 28.7. The van der Waals surface area contributed by atoms with Crippen LogP contribution >= 0.6 is 0 Å². The minimum atomic E-state index is -0.752. The summed E-state index contributed by atoms with van der Waals surface area (Å²) in [6.45, 7) is 1.34. The van der Waals surface area contributed by atoms with Gasteiger partial charge in [0.2, 0.25) is 5.91 Å². The fourth-order valence-electron chi connectivity index (χ4n) is 5.32. The van der Waals surface area contributed by atoms with E-state index in [2.05, 4.69) is 0 Å². The first kappa shape index (κ1) is 26.2. The summed E-state index contributed by atoms with van der Waals surface area (Å²) < 4.78 is 17.3. The molecule has 1 atom stereocenters. The normalized spacial score (nSPS) is 14.3. The predicted octanol–water partition coefficient (Wildman–Crippen LogP) is 5.42. The molecule has 0 bridgehead atoms. The summed E-state index contributed by atoms with van der Waals surface area (Å²) >= 11 is 0. The van der Waals surface area contributed by atoms with Gasteiger partial charge >= 0.3 is 0 Å². The third-order valence-electron chi connectivity index (χ3n) is 7.31. The Kier molecular flexibility index (Phi) is 7.45. The Hall–Kier alpha value is -4.46. The zero-order chi connectivity index (χ0) is 27.5. The summed E-state index contributed by atoms with van der Waals surface area (Å²) in [6, 6.07) is 16.8. The molecule has 0 saturated carbocycles. The van der Waals surface area contributed by atoms with E-state index >= 15 is 0 Å². The van der Waals surface area contributed by atoms with E-state index in [1.54, 1.807) is 37.4 Å². The van der Waals surface area contributed by atoms with Crippen molar-refractivity contribution < 1.29 is 28.9 Å². The van der Waals surface area contributed by atoms with E-state index in [-0.39, 0.29) is 40.4 Å². The first-order valence-corrected chi connectivity index (χ1v) is 13.0. The number of piperidine rings is 1. The van der Waals surface area contributed by atoms with E-state index in [0.717, 1.165) is 25.3 Å². The Morgan fingerprint density at radius 3 is 2.38 bits per heavy atom. The van der Waals surface area contributed by atoms with Gasteiger partial charge in [-0.25, -0.2) is 0 Å². The van der Waals surface area contributed by atoms with Crippen LogP contribution in [0.4, 0.5) is 0 Å². The molecule has 0 aliphatic carbocycles. The van der Waals surface area contributed by atoms with Gasteiger partial charge in [-0.1, -0.05) is 36.4 Å². The Morgan fingerprint density at radius 1 is 0.949 bits per heavy atom. The maximum atomic E-state index is 13.6. The highest BCUT2D eigenvalue weighted by Gasteiger charge is 2.31. The van der Waals surface area contributed by atoms with Crippen LogP contribution in [0.5, 0.6) is 23.0 Å². The highest BCUT2D eigenvalue weighted by molar-refractivity contribution is 5.91. The third-order valence-corrected chi connectivity index (χ3v) is 7.31. The molecule has 4 aromatic rings. The number of amides is 1. The van der Waals surface area contributed by atoms with Gasteiger partial charge in [0.25, 0.3) is 0 Å². The van der Waals surface area contributed by atoms with E-state index in [1.165, 1.54) is 13.2 Å². The molecule has 39 heavy (non-hydrogen) atoms. The van der Waals surface area contributed by atoms with Gasteiger partial charge in [0.1, 0.15) is 39.7 Å². The summed E-state index contributed by atoms with van der Waals surface area (Å²) in [5.74, 6) is -0.230. The number of hydrogen-bond donors (Lipinski definition) is 2. The Morgan fingerprint density at radius 2 is 1.69 bits per heavy atom. The molecule has 1 saturated heterocycles. The number of phenols is 2.